The number of carbonyl (C=O) groups excluding carboxylic acids is 4. The van der Waals surface area contributed by atoms with Crippen molar-refractivity contribution in [3.63, 3.8) is 0 Å². The normalized spacial score (nSPS) is 15.6. The summed E-state index contributed by atoms with van der Waals surface area (Å²) in [5, 5.41) is 8.16. The number of H-pyrrole nitrogens is 2. The highest BCUT2D eigenvalue weighted by Gasteiger charge is 2.37. The van der Waals surface area contributed by atoms with E-state index >= 15 is 0 Å². The topological polar surface area (TPSA) is 183 Å². The van der Waals surface area contributed by atoms with Crippen LogP contribution in [0.1, 0.15) is 81.6 Å². The average molecular weight is 743 g/mol. The van der Waals surface area contributed by atoms with Gasteiger partial charge in [-0.3, -0.25) is 9.59 Å². The quantitative estimate of drug-likeness (QED) is 0.124. The van der Waals surface area contributed by atoms with Gasteiger partial charge in [0.05, 0.1) is 59.8 Å². The molecule has 1 saturated heterocycles. The molecule has 0 aliphatic carbocycles. The molecular weight excluding hydrogens is 697 g/mol. The fraction of sp³-hybridized carbons (Fsp3) is 0.421. The zero-order chi connectivity index (χ0) is 38.2. The first-order valence-electron chi connectivity index (χ1n) is 17.5. The highest BCUT2D eigenvalue weighted by atomic mass is 32.1. The van der Waals surface area contributed by atoms with Gasteiger partial charge in [-0.05, 0) is 61.4 Å². The molecule has 1 aromatic carbocycles. The molecule has 0 unspecified atom stereocenters. The third kappa shape index (κ3) is 9.44. The minimum atomic E-state index is -0.748. The molecule has 4 heterocycles. The number of ether oxygens (including phenoxy) is 2. The molecule has 0 spiro atoms. The van der Waals surface area contributed by atoms with Gasteiger partial charge in [0, 0.05) is 12.1 Å². The zero-order valence-electron chi connectivity index (χ0n) is 30.9. The molecule has 15 heteroatoms. The van der Waals surface area contributed by atoms with Crippen molar-refractivity contribution in [1.29, 1.82) is 0 Å². The van der Waals surface area contributed by atoms with E-state index in [-0.39, 0.29) is 29.7 Å². The summed E-state index contributed by atoms with van der Waals surface area (Å²) in [6.07, 6.45) is 3.82. The van der Waals surface area contributed by atoms with Crippen molar-refractivity contribution in [2.75, 3.05) is 20.8 Å². The third-order valence-corrected chi connectivity index (χ3v) is 10.0. The fourth-order valence-corrected chi connectivity index (χ4v) is 6.86. The third-order valence-electron chi connectivity index (χ3n) is 9.01. The zero-order valence-corrected chi connectivity index (χ0v) is 31.7. The van der Waals surface area contributed by atoms with Gasteiger partial charge in [0.25, 0.3) is 0 Å². The number of aromatic amines is 2. The Balaban J connectivity index is 1.20. The summed E-state index contributed by atoms with van der Waals surface area (Å²) < 4.78 is 9.39. The summed E-state index contributed by atoms with van der Waals surface area (Å²) in [6, 6.07) is 9.72. The number of hydrogen-bond acceptors (Lipinski definition) is 9. The Hall–Kier alpha value is -5.62. The lowest BCUT2D eigenvalue weighted by Gasteiger charge is -2.30. The largest absolute Gasteiger partial charge is 0.453 e. The Morgan fingerprint density at radius 3 is 2.15 bits per heavy atom. The number of likely N-dealkylation sites (tertiary alicyclic amines) is 1. The number of carbonyl (C=O) groups is 4. The number of benzene rings is 1. The molecule has 0 saturated carbocycles. The maximum Gasteiger partial charge on any atom is 0.407 e. The predicted octanol–water partition coefficient (Wildman–Crippen LogP) is 5.53. The van der Waals surface area contributed by atoms with Crippen LogP contribution in [0.5, 0.6) is 0 Å². The van der Waals surface area contributed by atoms with Crippen LogP contribution in [0.3, 0.4) is 0 Å². The van der Waals surface area contributed by atoms with Gasteiger partial charge in [0.1, 0.15) is 23.7 Å². The van der Waals surface area contributed by atoms with E-state index in [1.54, 1.807) is 17.3 Å². The number of methoxy groups -OCH3 is 2. The van der Waals surface area contributed by atoms with Crippen molar-refractivity contribution >= 4 is 35.3 Å². The second-order valence-electron chi connectivity index (χ2n) is 13.5. The van der Waals surface area contributed by atoms with Gasteiger partial charge >= 0.3 is 12.2 Å². The lowest BCUT2D eigenvalue weighted by atomic mass is 10.0. The number of rotatable bonds is 11. The first kappa shape index (κ1) is 38.6. The number of imidazole rings is 2. The number of aromatic nitrogens is 4. The Morgan fingerprint density at radius 2 is 1.49 bits per heavy atom. The minimum absolute atomic E-state index is 0.108. The highest BCUT2D eigenvalue weighted by molar-refractivity contribution is 7.16. The maximum absolute atomic E-state index is 13.5. The number of amides is 4. The van der Waals surface area contributed by atoms with Crippen molar-refractivity contribution in [2.45, 2.75) is 71.6 Å². The van der Waals surface area contributed by atoms with E-state index in [1.807, 2.05) is 71.0 Å². The molecule has 0 radical (unpaired) electrons. The summed E-state index contributed by atoms with van der Waals surface area (Å²) in [5.74, 6) is 7.04. The number of thiophene rings is 1. The van der Waals surface area contributed by atoms with E-state index in [1.165, 1.54) is 25.6 Å². The Morgan fingerprint density at radius 1 is 0.830 bits per heavy atom. The molecule has 14 nitrogen and oxygen atoms in total. The monoisotopic (exact) mass is 742 g/mol. The molecule has 1 fully saturated rings. The molecule has 53 heavy (non-hydrogen) atoms. The Kier molecular flexibility index (Phi) is 12.6. The number of nitrogens with zero attached hydrogens (tertiary/aromatic N) is 3. The van der Waals surface area contributed by atoms with Crippen LogP contribution in [-0.2, 0) is 19.1 Å². The van der Waals surface area contributed by atoms with Gasteiger partial charge < -0.3 is 40.3 Å². The number of nitrogens with one attached hydrogen (secondary N) is 5. The molecule has 3 aromatic heterocycles. The molecule has 5 rings (SSSR count). The Labute approximate surface area is 312 Å². The molecule has 4 aromatic rings. The second-order valence-corrected chi connectivity index (χ2v) is 14.6. The van der Waals surface area contributed by atoms with Gasteiger partial charge in [-0.25, -0.2) is 19.6 Å². The van der Waals surface area contributed by atoms with Gasteiger partial charge in [0.2, 0.25) is 11.8 Å². The predicted molar refractivity (Wildman–Crippen MR) is 200 cm³/mol. The molecular formula is C38H46N8O6S. The van der Waals surface area contributed by atoms with E-state index in [0.717, 1.165) is 45.1 Å². The highest BCUT2D eigenvalue weighted by Crippen LogP contribution is 2.33. The molecule has 4 amide bonds. The smallest absolute Gasteiger partial charge is 0.407 e. The van der Waals surface area contributed by atoms with Crippen LogP contribution in [0, 0.1) is 23.7 Å². The van der Waals surface area contributed by atoms with Crippen molar-refractivity contribution in [3.05, 3.63) is 70.9 Å². The first-order valence-corrected chi connectivity index (χ1v) is 18.3. The van der Waals surface area contributed by atoms with Crippen molar-refractivity contribution in [3.8, 4) is 33.7 Å². The van der Waals surface area contributed by atoms with Crippen molar-refractivity contribution < 1.29 is 28.7 Å². The number of hydrogen-bond donors (Lipinski definition) is 5. The summed E-state index contributed by atoms with van der Waals surface area (Å²) in [5.41, 5.74) is 3.43. The van der Waals surface area contributed by atoms with Crippen molar-refractivity contribution in [1.82, 2.24) is 40.8 Å². The number of alkyl carbamates (subject to hydrolysis) is 2. The van der Waals surface area contributed by atoms with Gasteiger partial charge in [-0.1, -0.05) is 51.7 Å². The maximum atomic E-state index is 13.5. The van der Waals surface area contributed by atoms with Crippen LogP contribution in [0.4, 0.5) is 9.59 Å². The van der Waals surface area contributed by atoms with E-state index in [2.05, 4.69) is 52.5 Å². The molecule has 4 atom stereocenters. The van der Waals surface area contributed by atoms with Crippen molar-refractivity contribution in [2.24, 2.45) is 11.8 Å². The van der Waals surface area contributed by atoms with Crippen LogP contribution in [0.2, 0.25) is 0 Å². The van der Waals surface area contributed by atoms with E-state index in [0.29, 0.717) is 18.2 Å². The standard InChI is InChI=1S/C38H46N8O6S/c1-21(2)31(44-37(49)51-6)35(47)41-23(5)33-39-20-28(43-33)30-17-16-26(53-30)15-12-24-10-13-25(14-11-24)27-19-40-34(42-27)29-9-8-18-46(29)36(48)32(22(3)4)45-38(50)52-7/h10-11,13-14,16-17,19-23,29,31-32H,8-9,18H2,1-7H3,(H,39,43)(H,40,42)(H,41,47)(H,44,49)(H,45,50)/t23-,29-,31-,32-/m0/s1. The summed E-state index contributed by atoms with van der Waals surface area (Å²) in [6.45, 7) is 9.87. The van der Waals surface area contributed by atoms with Crippen LogP contribution in [-0.4, -0.2) is 81.7 Å². The summed E-state index contributed by atoms with van der Waals surface area (Å²) in [7, 11) is 2.54. The van der Waals surface area contributed by atoms with Gasteiger partial charge in [-0.2, -0.15) is 0 Å². The average Bonchev–Trinajstić information content (AvgIpc) is 3.98. The summed E-state index contributed by atoms with van der Waals surface area (Å²) >= 11 is 1.52. The van der Waals surface area contributed by atoms with Crippen LogP contribution >= 0.6 is 11.3 Å². The lowest BCUT2D eigenvalue weighted by Crippen LogP contribution is -2.51. The summed E-state index contributed by atoms with van der Waals surface area (Å²) in [4.78, 5) is 69.3. The van der Waals surface area contributed by atoms with E-state index in [4.69, 9.17) is 4.74 Å². The molecule has 5 N–H and O–H groups in total. The second kappa shape index (κ2) is 17.3. The first-order chi connectivity index (χ1) is 25.4. The fourth-order valence-electron chi connectivity index (χ4n) is 6.04. The van der Waals surface area contributed by atoms with E-state index in [9.17, 15) is 19.2 Å². The lowest BCUT2D eigenvalue weighted by molar-refractivity contribution is -0.135. The van der Waals surface area contributed by atoms with Gasteiger partial charge in [0.15, 0.2) is 0 Å². The van der Waals surface area contributed by atoms with Crippen LogP contribution in [0.25, 0.3) is 21.8 Å². The molecule has 0 bridgehead atoms. The minimum Gasteiger partial charge on any atom is -0.453 e. The molecule has 280 valence electrons. The molecule has 1 aliphatic heterocycles. The van der Waals surface area contributed by atoms with Crippen LogP contribution < -0.4 is 16.0 Å². The van der Waals surface area contributed by atoms with E-state index < -0.39 is 30.3 Å². The Bertz CT molecular complexity index is 1970. The SMILES string of the molecule is COC(=O)N[C@H](C(=O)N[C@@H](C)c1ncc(-c2ccc(C#Cc3ccc(-c4cnc([C@@H]5CCCN5C(=O)[C@@H](NC(=O)OC)C(C)C)[nH]4)cc3)s2)[nH]1)C(C)C. The molecule has 1 aliphatic rings. The van der Waals surface area contributed by atoms with Crippen LogP contribution in [0.15, 0.2) is 48.8 Å². The van der Waals surface area contributed by atoms with Gasteiger partial charge in [-0.15, -0.1) is 11.3 Å².